The molecular weight excluding hydrogens is 264 g/mol. The summed E-state index contributed by atoms with van der Waals surface area (Å²) in [5, 5.41) is 10.9. The zero-order chi connectivity index (χ0) is 15.4. The molecule has 0 aliphatic heterocycles. The lowest BCUT2D eigenvalue weighted by molar-refractivity contribution is 0.756. The number of aryl methyl sites for hydroxylation is 3. The van der Waals surface area contributed by atoms with Gasteiger partial charge in [0.25, 0.3) is 0 Å². The Balaban J connectivity index is 2.22. The molecule has 0 saturated heterocycles. The summed E-state index contributed by atoms with van der Waals surface area (Å²) in [4.78, 5) is 9.17. The van der Waals surface area contributed by atoms with Gasteiger partial charge in [-0.3, -0.25) is 4.68 Å². The molecule has 0 fully saturated rings. The van der Waals surface area contributed by atoms with Crippen molar-refractivity contribution in [3.05, 3.63) is 28.8 Å². The van der Waals surface area contributed by atoms with Crippen molar-refractivity contribution in [3.63, 3.8) is 0 Å². The maximum Gasteiger partial charge on any atom is 0.135 e. The molecule has 114 valence electrons. The molecule has 0 aliphatic carbocycles. The van der Waals surface area contributed by atoms with E-state index in [1.807, 2.05) is 38.8 Å². The maximum absolute atomic E-state index is 4.63. The van der Waals surface area contributed by atoms with Gasteiger partial charge in [-0.05, 0) is 20.3 Å². The monoisotopic (exact) mass is 288 g/mol. The van der Waals surface area contributed by atoms with Crippen LogP contribution in [0.2, 0.25) is 0 Å². The molecular formula is C15H24N6. The van der Waals surface area contributed by atoms with E-state index >= 15 is 0 Å². The first kappa shape index (κ1) is 15.3. The second-order valence-electron chi connectivity index (χ2n) is 5.23. The normalized spacial score (nSPS) is 10.7. The largest absolute Gasteiger partial charge is 0.373 e. The summed E-state index contributed by atoms with van der Waals surface area (Å²) in [6, 6.07) is 0. The molecule has 6 heteroatoms. The summed E-state index contributed by atoms with van der Waals surface area (Å²) >= 11 is 0. The van der Waals surface area contributed by atoms with Crippen molar-refractivity contribution in [2.75, 3.05) is 17.7 Å². The van der Waals surface area contributed by atoms with E-state index in [1.165, 1.54) is 5.56 Å². The highest BCUT2D eigenvalue weighted by molar-refractivity contribution is 5.57. The van der Waals surface area contributed by atoms with Crippen molar-refractivity contribution in [2.45, 2.75) is 40.2 Å². The third kappa shape index (κ3) is 3.51. The minimum atomic E-state index is 0.715. The lowest BCUT2D eigenvalue weighted by Gasteiger charge is -2.13. The van der Waals surface area contributed by atoms with Gasteiger partial charge >= 0.3 is 0 Å². The Morgan fingerprint density at radius 2 is 1.90 bits per heavy atom. The summed E-state index contributed by atoms with van der Waals surface area (Å²) in [5.74, 6) is 2.65. The van der Waals surface area contributed by atoms with E-state index < -0.39 is 0 Å². The average Bonchev–Trinajstić information content (AvgIpc) is 2.77. The molecule has 6 nitrogen and oxygen atoms in total. The summed E-state index contributed by atoms with van der Waals surface area (Å²) in [6.45, 7) is 6.89. The van der Waals surface area contributed by atoms with E-state index in [1.54, 1.807) is 0 Å². The van der Waals surface area contributed by atoms with Crippen molar-refractivity contribution in [1.29, 1.82) is 0 Å². The molecule has 0 spiro atoms. The molecule has 2 aromatic heterocycles. The van der Waals surface area contributed by atoms with Crippen molar-refractivity contribution in [2.24, 2.45) is 7.05 Å². The van der Waals surface area contributed by atoms with Crippen molar-refractivity contribution < 1.29 is 0 Å². The first-order chi connectivity index (χ1) is 10.0. The summed E-state index contributed by atoms with van der Waals surface area (Å²) < 4.78 is 1.83. The summed E-state index contributed by atoms with van der Waals surface area (Å²) in [5.41, 5.74) is 3.26. The van der Waals surface area contributed by atoms with Gasteiger partial charge in [-0.1, -0.05) is 6.92 Å². The molecule has 0 aliphatic rings. The Morgan fingerprint density at radius 1 is 1.19 bits per heavy atom. The third-order valence-electron chi connectivity index (χ3n) is 3.46. The Hall–Kier alpha value is -2.11. The van der Waals surface area contributed by atoms with Crippen LogP contribution in [0.25, 0.3) is 0 Å². The van der Waals surface area contributed by atoms with Crippen LogP contribution in [0.1, 0.15) is 36.0 Å². The number of nitrogens with one attached hydrogen (secondary N) is 2. The van der Waals surface area contributed by atoms with Gasteiger partial charge < -0.3 is 10.6 Å². The molecule has 2 aromatic rings. The quantitative estimate of drug-likeness (QED) is 0.854. The second kappa shape index (κ2) is 6.56. The van der Waals surface area contributed by atoms with Crippen molar-refractivity contribution in [3.8, 4) is 0 Å². The van der Waals surface area contributed by atoms with Gasteiger partial charge in [0.05, 0.1) is 5.69 Å². The molecule has 0 bridgehead atoms. The SMILES string of the molecule is CCCc1nc(NC)c(C)c(NCc2cn(C)nc2C)n1. The molecule has 21 heavy (non-hydrogen) atoms. The fourth-order valence-corrected chi connectivity index (χ4v) is 2.32. The van der Waals surface area contributed by atoms with E-state index in [0.717, 1.165) is 41.6 Å². The smallest absolute Gasteiger partial charge is 0.135 e. The third-order valence-corrected chi connectivity index (χ3v) is 3.46. The molecule has 0 amide bonds. The predicted octanol–water partition coefficient (Wildman–Crippen LogP) is 2.43. The van der Waals surface area contributed by atoms with Crippen LogP contribution in [0.15, 0.2) is 6.20 Å². The van der Waals surface area contributed by atoms with Gasteiger partial charge in [-0.15, -0.1) is 0 Å². The second-order valence-corrected chi connectivity index (χ2v) is 5.23. The molecule has 2 heterocycles. The van der Waals surface area contributed by atoms with Crippen LogP contribution in [0, 0.1) is 13.8 Å². The van der Waals surface area contributed by atoms with Crippen LogP contribution in [-0.4, -0.2) is 26.8 Å². The van der Waals surface area contributed by atoms with E-state index in [2.05, 4.69) is 32.6 Å². The fourth-order valence-electron chi connectivity index (χ4n) is 2.32. The molecule has 2 N–H and O–H groups in total. The lowest BCUT2D eigenvalue weighted by atomic mass is 10.2. The first-order valence-corrected chi connectivity index (χ1v) is 7.33. The van der Waals surface area contributed by atoms with E-state index in [9.17, 15) is 0 Å². The van der Waals surface area contributed by atoms with Gasteiger partial charge in [0.2, 0.25) is 0 Å². The molecule has 0 radical (unpaired) electrons. The molecule has 2 rings (SSSR count). The summed E-state index contributed by atoms with van der Waals surface area (Å²) in [6.07, 6.45) is 3.95. The number of nitrogens with zero attached hydrogens (tertiary/aromatic N) is 4. The molecule has 0 saturated carbocycles. The van der Waals surface area contributed by atoms with Gasteiger partial charge in [-0.2, -0.15) is 5.10 Å². The van der Waals surface area contributed by atoms with Crippen molar-refractivity contribution in [1.82, 2.24) is 19.7 Å². The number of hydrogen-bond donors (Lipinski definition) is 2. The van der Waals surface area contributed by atoms with Gasteiger partial charge in [0.15, 0.2) is 0 Å². The minimum absolute atomic E-state index is 0.715. The molecule has 0 atom stereocenters. The number of hydrogen-bond acceptors (Lipinski definition) is 5. The van der Waals surface area contributed by atoms with Gasteiger partial charge in [0.1, 0.15) is 17.5 Å². The highest BCUT2D eigenvalue weighted by Crippen LogP contribution is 2.21. The van der Waals surface area contributed by atoms with E-state index in [4.69, 9.17) is 0 Å². The summed E-state index contributed by atoms with van der Waals surface area (Å²) in [7, 11) is 3.82. The zero-order valence-electron chi connectivity index (χ0n) is 13.5. The topological polar surface area (TPSA) is 67.7 Å². The van der Waals surface area contributed by atoms with E-state index in [-0.39, 0.29) is 0 Å². The van der Waals surface area contributed by atoms with Gasteiger partial charge in [-0.25, -0.2) is 9.97 Å². The molecule has 0 unspecified atom stereocenters. The zero-order valence-corrected chi connectivity index (χ0v) is 13.5. The fraction of sp³-hybridized carbons (Fsp3) is 0.533. The van der Waals surface area contributed by atoms with Crippen LogP contribution in [-0.2, 0) is 20.0 Å². The van der Waals surface area contributed by atoms with Crippen LogP contribution < -0.4 is 10.6 Å². The Kier molecular flexibility index (Phi) is 4.77. The predicted molar refractivity (Wildman–Crippen MR) is 85.6 cm³/mol. The lowest BCUT2D eigenvalue weighted by Crippen LogP contribution is -2.10. The van der Waals surface area contributed by atoms with Crippen LogP contribution in [0.3, 0.4) is 0 Å². The van der Waals surface area contributed by atoms with Gasteiger partial charge in [0, 0.05) is 44.4 Å². The van der Waals surface area contributed by atoms with Crippen LogP contribution in [0.5, 0.6) is 0 Å². The highest BCUT2D eigenvalue weighted by atomic mass is 15.3. The Morgan fingerprint density at radius 3 is 2.48 bits per heavy atom. The Bertz CT molecular complexity index is 617. The van der Waals surface area contributed by atoms with E-state index in [0.29, 0.717) is 6.54 Å². The minimum Gasteiger partial charge on any atom is -0.373 e. The number of rotatable bonds is 6. The van der Waals surface area contributed by atoms with Crippen LogP contribution >= 0.6 is 0 Å². The average molecular weight is 288 g/mol. The highest BCUT2D eigenvalue weighted by Gasteiger charge is 2.10. The van der Waals surface area contributed by atoms with Crippen molar-refractivity contribution >= 4 is 11.6 Å². The van der Waals surface area contributed by atoms with Crippen LogP contribution in [0.4, 0.5) is 11.6 Å². The standard InChI is InChI=1S/C15H24N6/c1-6-7-13-18-14(16-4)10(2)15(19-13)17-8-12-9-21(5)20-11(12)3/h9H,6-8H2,1-5H3,(H2,16,17,18,19). The molecule has 0 aromatic carbocycles. The maximum atomic E-state index is 4.63. The number of anilines is 2. The number of aromatic nitrogens is 4. The Labute approximate surface area is 126 Å². The first-order valence-electron chi connectivity index (χ1n) is 7.33.